The van der Waals surface area contributed by atoms with Gasteiger partial charge in [-0.05, 0) is 37.9 Å². The lowest BCUT2D eigenvalue weighted by Crippen LogP contribution is -2.24. The molecule has 1 N–H and O–H groups in total. The van der Waals surface area contributed by atoms with Crippen molar-refractivity contribution in [2.75, 3.05) is 26.1 Å². The van der Waals surface area contributed by atoms with Crippen LogP contribution in [0.25, 0.3) is 0 Å². The molecule has 0 bridgehead atoms. The summed E-state index contributed by atoms with van der Waals surface area (Å²) in [6.07, 6.45) is 6.59. The number of hydrogen-bond donors (Lipinski definition) is 1. The highest BCUT2D eigenvalue weighted by Crippen LogP contribution is 2.37. The normalized spacial score (nSPS) is 16.6. The zero-order valence-corrected chi connectivity index (χ0v) is 18.3. The molecule has 9 heteroatoms. The molecule has 4 rings (SSSR count). The van der Waals surface area contributed by atoms with E-state index in [2.05, 4.69) is 32.3 Å². The van der Waals surface area contributed by atoms with Crippen molar-refractivity contribution in [3.8, 4) is 11.5 Å². The fourth-order valence-electron chi connectivity index (χ4n) is 3.80. The highest BCUT2D eigenvalue weighted by atomic mass is 32.1. The van der Waals surface area contributed by atoms with Gasteiger partial charge < -0.3 is 14.8 Å². The van der Waals surface area contributed by atoms with Crippen molar-refractivity contribution in [1.29, 1.82) is 0 Å². The number of hydrogen-bond acceptors (Lipinski definition) is 9. The lowest BCUT2D eigenvalue weighted by atomic mass is 10.1. The number of ether oxygens (including phenoxy) is 2. The standard InChI is InChI=1S/C21H26N6O2S/c1-4-20-25-26-21(30-20)24-19-12-22-11-15(23-19)16-7-6-10-27(16)13-14-17(28-2)8-5-9-18(14)29-3/h5,8-9,11-12,16H,4,6-7,10,13H2,1-3H3,(H,23,24,26)/t16-/m1/s1. The summed E-state index contributed by atoms with van der Waals surface area (Å²) in [5, 5.41) is 13.3. The van der Waals surface area contributed by atoms with Gasteiger partial charge >= 0.3 is 0 Å². The molecule has 3 aromatic rings. The molecule has 0 radical (unpaired) electrons. The first kappa shape index (κ1) is 20.5. The Morgan fingerprint density at radius 1 is 1.17 bits per heavy atom. The zero-order valence-electron chi connectivity index (χ0n) is 17.5. The van der Waals surface area contributed by atoms with E-state index in [0.29, 0.717) is 5.82 Å². The number of nitrogens with one attached hydrogen (secondary N) is 1. The van der Waals surface area contributed by atoms with Crippen molar-refractivity contribution in [2.24, 2.45) is 0 Å². The molecule has 3 heterocycles. The summed E-state index contributed by atoms with van der Waals surface area (Å²) < 4.78 is 11.2. The van der Waals surface area contributed by atoms with Gasteiger partial charge in [-0.25, -0.2) is 4.98 Å². The van der Waals surface area contributed by atoms with E-state index in [9.17, 15) is 0 Å². The summed E-state index contributed by atoms with van der Waals surface area (Å²) in [6, 6.07) is 6.08. The highest BCUT2D eigenvalue weighted by molar-refractivity contribution is 7.15. The van der Waals surface area contributed by atoms with Gasteiger partial charge in [-0.3, -0.25) is 9.88 Å². The quantitative estimate of drug-likeness (QED) is 0.579. The molecule has 0 spiro atoms. The molecule has 30 heavy (non-hydrogen) atoms. The Morgan fingerprint density at radius 2 is 1.97 bits per heavy atom. The predicted octanol–water partition coefficient (Wildman–Crippen LogP) is 3.99. The number of methoxy groups -OCH3 is 2. The number of likely N-dealkylation sites (tertiary alicyclic amines) is 1. The first-order chi connectivity index (χ1) is 14.7. The van der Waals surface area contributed by atoms with Gasteiger partial charge in [0.2, 0.25) is 5.13 Å². The molecule has 0 unspecified atom stereocenters. The van der Waals surface area contributed by atoms with Crippen LogP contribution in [0.3, 0.4) is 0 Å². The Kier molecular flexibility index (Phi) is 6.39. The number of aryl methyl sites for hydroxylation is 1. The number of anilines is 2. The number of nitrogens with zero attached hydrogens (tertiary/aromatic N) is 5. The van der Waals surface area contributed by atoms with Crippen LogP contribution in [0.15, 0.2) is 30.6 Å². The Morgan fingerprint density at radius 3 is 2.67 bits per heavy atom. The Labute approximate surface area is 180 Å². The molecule has 1 aromatic carbocycles. The molecule has 8 nitrogen and oxygen atoms in total. The average Bonchev–Trinajstić information content (AvgIpc) is 3.43. The van der Waals surface area contributed by atoms with Crippen molar-refractivity contribution in [3.63, 3.8) is 0 Å². The second-order valence-corrected chi connectivity index (χ2v) is 8.14. The van der Waals surface area contributed by atoms with Crippen LogP contribution in [0.4, 0.5) is 10.9 Å². The molecule has 0 aliphatic carbocycles. The molecule has 1 atom stereocenters. The lowest BCUT2D eigenvalue weighted by molar-refractivity contribution is 0.236. The van der Waals surface area contributed by atoms with Gasteiger partial charge in [0.15, 0.2) is 5.82 Å². The van der Waals surface area contributed by atoms with Gasteiger partial charge in [-0.2, -0.15) is 0 Å². The molecule has 1 fully saturated rings. The van der Waals surface area contributed by atoms with Crippen molar-refractivity contribution in [2.45, 2.75) is 38.8 Å². The van der Waals surface area contributed by atoms with Gasteiger partial charge in [0.25, 0.3) is 0 Å². The van der Waals surface area contributed by atoms with E-state index in [1.807, 2.05) is 24.4 Å². The van der Waals surface area contributed by atoms with E-state index in [0.717, 1.165) is 65.2 Å². The van der Waals surface area contributed by atoms with Crippen LogP contribution < -0.4 is 14.8 Å². The van der Waals surface area contributed by atoms with Crippen molar-refractivity contribution in [1.82, 2.24) is 25.1 Å². The van der Waals surface area contributed by atoms with Crippen LogP contribution >= 0.6 is 11.3 Å². The molecule has 0 amide bonds. The summed E-state index contributed by atoms with van der Waals surface area (Å²) in [5.74, 6) is 2.36. The second-order valence-electron chi connectivity index (χ2n) is 7.08. The van der Waals surface area contributed by atoms with Crippen LogP contribution in [0.2, 0.25) is 0 Å². The van der Waals surface area contributed by atoms with Crippen LogP contribution in [-0.2, 0) is 13.0 Å². The SMILES string of the molecule is CCc1nnc(Nc2cncc([C@H]3CCCN3Cc3c(OC)cccc3OC)n2)s1. The number of rotatable bonds is 8. The van der Waals surface area contributed by atoms with E-state index in [4.69, 9.17) is 14.5 Å². The first-order valence-electron chi connectivity index (χ1n) is 10.1. The van der Waals surface area contributed by atoms with Gasteiger partial charge in [-0.1, -0.05) is 24.3 Å². The summed E-state index contributed by atoms with van der Waals surface area (Å²) in [5.41, 5.74) is 2.00. The van der Waals surface area contributed by atoms with Crippen molar-refractivity contribution < 1.29 is 9.47 Å². The minimum Gasteiger partial charge on any atom is -0.496 e. The van der Waals surface area contributed by atoms with Crippen LogP contribution in [-0.4, -0.2) is 45.8 Å². The maximum Gasteiger partial charge on any atom is 0.211 e. The Balaban J connectivity index is 1.54. The molecule has 1 aliphatic heterocycles. The van der Waals surface area contributed by atoms with Gasteiger partial charge in [0.1, 0.15) is 16.5 Å². The lowest BCUT2D eigenvalue weighted by Gasteiger charge is -2.25. The first-order valence-corrected chi connectivity index (χ1v) is 10.9. The third-order valence-corrected chi connectivity index (χ3v) is 6.24. The summed E-state index contributed by atoms with van der Waals surface area (Å²) in [6.45, 7) is 3.78. The van der Waals surface area contributed by atoms with E-state index in [1.54, 1.807) is 20.4 Å². The van der Waals surface area contributed by atoms with Crippen molar-refractivity contribution >= 4 is 22.3 Å². The van der Waals surface area contributed by atoms with Crippen LogP contribution in [0.5, 0.6) is 11.5 Å². The second kappa shape index (κ2) is 9.36. The Hall–Kier alpha value is -2.78. The molecule has 158 valence electrons. The number of benzene rings is 1. The Bertz CT molecular complexity index is 973. The predicted molar refractivity (Wildman–Crippen MR) is 117 cm³/mol. The van der Waals surface area contributed by atoms with Crippen LogP contribution in [0, 0.1) is 0 Å². The molecule has 0 saturated carbocycles. The summed E-state index contributed by atoms with van der Waals surface area (Å²) >= 11 is 1.54. The van der Waals surface area contributed by atoms with E-state index >= 15 is 0 Å². The van der Waals surface area contributed by atoms with Gasteiger partial charge in [0, 0.05) is 6.54 Å². The smallest absolute Gasteiger partial charge is 0.211 e. The highest BCUT2D eigenvalue weighted by Gasteiger charge is 2.29. The molecule has 1 aliphatic rings. The topological polar surface area (TPSA) is 85.3 Å². The molecular weight excluding hydrogens is 400 g/mol. The summed E-state index contributed by atoms with van der Waals surface area (Å²) in [7, 11) is 3.38. The minimum atomic E-state index is 0.189. The van der Waals surface area contributed by atoms with Gasteiger partial charge in [-0.15, -0.1) is 10.2 Å². The fraction of sp³-hybridized carbons (Fsp3) is 0.429. The summed E-state index contributed by atoms with van der Waals surface area (Å²) in [4.78, 5) is 11.7. The van der Waals surface area contributed by atoms with Gasteiger partial charge in [0.05, 0.1) is 43.9 Å². The fourth-order valence-corrected chi connectivity index (χ4v) is 4.48. The van der Waals surface area contributed by atoms with Crippen molar-refractivity contribution in [3.05, 3.63) is 46.9 Å². The van der Waals surface area contributed by atoms with E-state index in [-0.39, 0.29) is 6.04 Å². The number of aromatic nitrogens is 4. The molecule has 2 aromatic heterocycles. The average molecular weight is 427 g/mol. The van der Waals surface area contributed by atoms with E-state index in [1.165, 1.54) is 11.3 Å². The minimum absolute atomic E-state index is 0.189. The van der Waals surface area contributed by atoms with E-state index < -0.39 is 0 Å². The zero-order chi connectivity index (χ0) is 20.9. The maximum absolute atomic E-state index is 5.58. The molecule has 1 saturated heterocycles. The third kappa shape index (κ3) is 4.36. The maximum atomic E-state index is 5.58. The van der Waals surface area contributed by atoms with Crippen LogP contribution in [0.1, 0.15) is 42.1 Å². The largest absolute Gasteiger partial charge is 0.496 e. The molecular formula is C21H26N6O2S. The monoisotopic (exact) mass is 426 g/mol. The third-order valence-electron chi connectivity index (χ3n) is 5.25.